The molecule has 0 rings (SSSR count). The molecule has 4 heteroatoms. The molecule has 0 aromatic rings. The summed E-state index contributed by atoms with van der Waals surface area (Å²) in [5.74, 6) is 0. The Morgan fingerprint density at radius 1 is 0.750 bits per heavy atom. The standard InChI is InChI=1S/K.H3N.2Na/h;1H3;;/q+1;;2*+1/p+1. The number of hydrogen-bond acceptors (Lipinski definition) is 0. The van der Waals surface area contributed by atoms with Crippen LogP contribution in [0, 0.1) is 0 Å². The maximum absolute atomic E-state index is 0. The van der Waals surface area contributed by atoms with Crippen LogP contribution in [0.1, 0.15) is 0 Å². The third kappa shape index (κ3) is 9.14. The van der Waals surface area contributed by atoms with Crippen molar-refractivity contribution in [3.05, 3.63) is 0 Å². The van der Waals surface area contributed by atoms with Crippen LogP contribution in [0.5, 0.6) is 0 Å². The second-order valence-electron chi connectivity index (χ2n) is 0. The van der Waals surface area contributed by atoms with E-state index in [1.165, 1.54) is 0 Å². The van der Waals surface area contributed by atoms with Gasteiger partial charge in [0.05, 0.1) is 0 Å². The van der Waals surface area contributed by atoms with Crippen LogP contribution in [-0.2, 0) is 0 Å². The van der Waals surface area contributed by atoms with E-state index in [4.69, 9.17) is 0 Å². The molecule has 4 N–H and O–H groups in total. The molecule has 0 atom stereocenters. The van der Waals surface area contributed by atoms with Gasteiger partial charge in [-0.05, 0) is 0 Å². The summed E-state index contributed by atoms with van der Waals surface area (Å²) < 4.78 is 0. The van der Waals surface area contributed by atoms with Gasteiger partial charge in [0.15, 0.2) is 0 Å². The summed E-state index contributed by atoms with van der Waals surface area (Å²) >= 11 is 0. The first kappa shape index (κ1) is 25.6. The van der Waals surface area contributed by atoms with Crippen LogP contribution in [0.15, 0.2) is 0 Å². The van der Waals surface area contributed by atoms with Gasteiger partial charge in [0.25, 0.3) is 0 Å². The van der Waals surface area contributed by atoms with Gasteiger partial charge in [-0.15, -0.1) is 0 Å². The van der Waals surface area contributed by atoms with E-state index in [2.05, 4.69) is 0 Å². The monoisotopic (exact) mass is 103 g/mol. The Morgan fingerprint density at radius 3 is 0.750 bits per heavy atom. The van der Waals surface area contributed by atoms with Crippen molar-refractivity contribution in [2.75, 3.05) is 0 Å². The zero-order valence-corrected chi connectivity index (χ0v) is 11.1. The summed E-state index contributed by atoms with van der Waals surface area (Å²) in [5.41, 5.74) is 0. The van der Waals surface area contributed by atoms with Gasteiger partial charge in [-0.25, -0.2) is 0 Å². The fraction of sp³-hybridized carbons (Fsp3) is 0. The van der Waals surface area contributed by atoms with Crippen LogP contribution in [0.4, 0.5) is 0 Å². The zero-order chi connectivity index (χ0) is 0. The van der Waals surface area contributed by atoms with Crippen molar-refractivity contribution in [2.24, 2.45) is 0 Å². The van der Waals surface area contributed by atoms with Crippen molar-refractivity contribution in [1.29, 1.82) is 0 Å². The SMILES string of the molecule is [K+].[NH4+].[Na+].[Na+]. The van der Waals surface area contributed by atoms with Crippen molar-refractivity contribution >= 4 is 0 Å². The van der Waals surface area contributed by atoms with E-state index in [9.17, 15) is 0 Å². The quantitative estimate of drug-likeness (QED) is 0.296. The minimum atomic E-state index is 0. The van der Waals surface area contributed by atoms with E-state index in [1.54, 1.807) is 0 Å². The number of rotatable bonds is 0. The average Bonchev–Trinajstić information content (AvgIpc) is 0. The van der Waals surface area contributed by atoms with Crippen molar-refractivity contribution in [3.8, 4) is 0 Å². The molecule has 1 nitrogen and oxygen atoms in total. The molecule has 0 aliphatic heterocycles. The molecule has 0 aliphatic carbocycles. The first-order chi connectivity index (χ1) is 0. The van der Waals surface area contributed by atoms with Gasteiger partial charge in [0.1, 0.15) is 0 Å². The van der Waals surface area contributed by atoms with Gasteiger partial charge in [-0.3, -0.25) is 0 Å². The molecular formula is H4KNNa2+4. The van der Waals surface area contributed by atoms with Gasteiger partial charge < -0.3 is 6.15 Å². The molecule has 0 spiro atoms. The van der Waals surface area contributed by atoms with Crippen LogP contribution in [0.3, 0.4) is 0 Å². The van der Waals surface area contributed by atoms with E-state index in [0.29, 0.717) is 0 Å². The third-order valence-corrected chi connectivity index (χ3v) is 0. The van der Waals surface area contributed by atoms with Crippen LogP contribution in [-0.4, -0.2) is 0 Å². The van der Waals surface area contributed by atoms with Gasteiger partial charge >= 0.3 is 110 Å². The number of hydrogen-bond donors (Lipinski definition) is 1. The van der Waals surface area contributed by atoms with Crippen LogP contribution >= 0.6 is 0 Å². The maximum Gasteiger partial charge on any atom is 1.00 e. The largest absolute Gasteiger partial charge is 1.00 e. The molecule has 0 fully saturated rings. The molecule has 0 amide bonds. The third-order valence-electron chi connectivity index (χ3n) is 0. The first-order valence-corrected chi connectivity index (χ1v) is 0. The summed E-state index contributed by atoms with van der Waals surface area (Å²) in [4.78, 5) is 0. The van der Waals surface area contributed by atoms with Crippen molar-refractivity contribution in [3.63, 3.8) is 0 Å². The molecule has 8 valence electrons. The first-order valence-electron chi connectivity index (χ1n) is 0. The topological polar surface area (TPSA) is 36.5 Å². The van der Waals surface area contributed by atoms with E-state index >= 15 is 0 Å². The molecule has 0 aromatic heterocycles. The molecule has 4 heavy (non-hydrogen) atoms. The number of quaternary nitrogens is 1. The Bertz CT molecular complexity index is 6.00. The Morgan fingerprint density at radius 2 is 0.750 bits per heavy atom. The molecule has 0 aliphatic rings. The second-order valence-corrected chi connectivity index (χ2v) is 0. The van der Waals surface area contributed by atoms with Crippen molar-refractivity contribution in [2.45, 2.75) is 0 Å². The molecule has 0 unspecified atom stereocenters. The van der Waals surface area contributed by atoms with Gasteiger partial charge in [-0.1, -0.05) is 0 Å². The van der Waals surface area contributed by atoms with Crippen molar-refractivity contribution < 1.29 is 110 Å². The Hall–Kier alpha value is 3.60. The molecule has 0 saturated carbocycles. The molecule has 0 radical (unpaired) electrons. The van der Waals surface area contributed by atoms with Crippen molar-refractivity contribution in [1.82, 2.24) is 6.15 Å². The van der Waals surface area contributed by atoms with E-state index < -0.39 is 0 Å². The smallest absolute Gasteiger partial charge is 0.369 e. The van der Waals surface area contributed by atoms with Crippen LogP contribution in [0.25, 0.3) is 0 Å². The maximum atomic E-state index is 0. The van der Waals surface area contributed by atoms with Gasteiger partial charge in [0, 0.05) is 0 Å². The Balaban J connectivity index is 0. The van der Waals surface area contributed by atoms with Crippen LogP contribution in [0.2, 0.25) is 0 Å². The van der Waals surface area contributed by atoms with E-state index in [1.807, 2.05) is 0 Å². The van der Waals surface area contributed by atoms with E-state index in [-0.39, 0.29) is 117 Å². The Labute approximate surface area is 113 Å². The van der Waals surface area contributed by atoms with Crippen LogP contribution < -0.4 is 117 Å². The minimum Gasteiger partial charge on any atom is -0.369 e. The summed E-state index contributed by atoms with van der Waals surface area (Å²) in [6, 6.07) is 0. The predicted octanol–water partition coefficient (Wildman–Crippen LogP) is -8.61. The molecule has 0 bridgehead atoms. The summed E-state index contributed by atoms with van der Waals surface area (Å²) in [6.45, 7) is 0. The summed E-state index contributed by atoms with van der Waals surface area (Å²) in [5, 5.41) is 0. The van der Waals surface area contributed by atoms with E-state index in [0.717, 1.165) is 0 Å². The average molecular weight is 103 g/mol. The Kier molecular flexibility index (Phi) is 102. The summed E-state index contributed by atoms with van der Waals surface area (Å²) in [7, 11) is 0. The normalized spacial score (nSPS) is 0. The molecule has 0 saturated heterocycles. The predicted molar refractivity (Wildman–Crippen MR) is 5.98 cm³/mol. The van der Waals surface area contributed by atoms with Gasteiger partial charge in [-0.2, -0.15) is 0 Å². The fourth-order valence-electron chi connectivity index (χ4n) is 0. The summed E-state index contributed by atoms with van der Waals surface area (Å²) in [6.07, 6.45) is 0. The molecule has 0 heterocycles. The van der Waals surface area contributed by atoms with Gasteiger partial charge in [0.2, 0.25) is 0 Å². The molecular weight excluding hydrogens is 99.1 g/mol. The second kappa shape index (κ2) is 16.0. The fourth-order valence-corrected chi connectivity index (χ4v) is 0. The minimum absolute atomic E-state index is 0. The zero-order valence-electron chi connectivity index (χ0n) is 4.00. The molecule has 0 aromatic carbocycles.